The highest BCUT2D eigenvalue weighted by Gasteiger charge is 2.24. The highest BCUT2D eigenvalue weighted by Crippen LogP contribution is 2.32. The molecule has 2 heterocycles. The zero-order valence-electron chi connectivity index (χ0n) is 8.36. The summed E-state index contributed by atoms with van der Waals surface area (Å²) in [5, 5.41) is 9.43. The average Bonchev–Trinajstić information content (AvgIpc) is 2.27. The van der Waals surface area contributed by atoms with E-state index in [4.69, 9.17) is 11.6 Å². The summed E-state index contributed by atoms with van der Waals surface area (Å²) in [5.74, 6) is 1.04. The molecule has 1 aromatic heterocycles. The van der Waals surface area contributed by atoms with Crippen molar-refractivity contribution in [3.63, 3.8) is 0 Å². The van der Waals surface area contributed by atoms with Crippen molar-refractivity contribution in [2.45, 2.75) is 17.9 Å². The van der Waals surface area contributed by atoms with Crippen LogP contribution in [0.15, 0.2) is 0 Å². The van der Waals surface area contributed by atoms with E-state index in [1.807, 2.05) is 0 Å². The summed E-state index contributed by atoms with van der Waals surface area (Å²) in [6.07, 6.45) is 0.804. The van der Waals surface area contributed by atoms with Gasteiger partial charge in [-0.2, -0.15) is 24.4 Å². The molecule has 1 N–H and O–H groups in total. The van der Waals surface area contributed by atoms with Crippen molar-refractivity contribution in [1.29, 1.82) is 0 Å². The van der Waals surface area contributed by atoms with E-state index in [9.17, 15) is 9.90 Å². The van der Waals surface area contributed by atoms with Crippen molar-refractivity contribution < 1.29 is 9.90 Å². The van der Waals surface area contributed by atoms with E-state index in [1.54, 1.807) is 11.8 Å². The Bertz CT molecular complexity index is 451. The van der Waals surface area contributed by atoms with Crippen molar-refractivity contribution in [2.75, 3.05) is 5.75 Å². The molecule has 1 aliphatic rings. The molecule has 0 aliphatic carbocycles. The molecule has 0 saturated carbocycles. The van der Waals surface area contributed by atoms with E-state index >= 15 is 0 Å². The number of nitrogens with zero attached hydrogens (tertiary/aromatic N) is 1. The number of halogens is 1. The Morgan fingerprint density at radius 1 is 1.62 bits per heavy atom. The number of aryl methyl sites for hydroxylation is 1. The average molecular weight is 276 g/mol. The van der Waals surface area contributed by atoms with Crippen molar-refractivity contribution in [1.82, 2.24) is 4.98 Å². The van der Waals surface area contributed by atoms with Crippen LogP contribution in [0.1, 0.15) is 27.3 Å². The van der Waals surface area contributed by atoms with E-state index in [1.165, 1.54) is 0 Å². The van der Waals surface area contributed by atoms with Gasteiger partial charge in [-0.15, -0.1) is 0 Å². The maximum atomic E-state index is 11.2. The van der Waals surface area contributed by atoms with Gasteiger partial charge in [0.1, 0.15) is 0 Å². The molecule has 0 radical (unpaired) electrons. The minimum absolute atomic E-state index is 0.211. The van der Waals surface area contributed by atoms with Crippen molar-refractivity contribution in [2.24, 2.45) is 0 Å². The first kappa shape index (κ1) is 12.1. The molecule has 0 aromatic carbocycles. The largest absolute Gasteiger partial charge is 0.478 e. The lowest BCUT2D eigenvalue weighted by Gasteiger charge is -2.19. The molecule has 6 heteroatoms. The van der Waals surface area contributed by atoms with Gasteiger partial charge in [0.2, 0.25) is 0 Å². The highest BCUT2D eigenvalue weighted by atomic mass is 35.5. The van der Waals surface area contributed by atoms with Gasteiger partial charge in [-0.05, 0) is 17.7 Å². The summed E-state index contributed by atoms with van der Waals surface area (Å²) in [4.78, 5) is 15.6. The Labute approximate surface area is 108 Å². The van der Waals surface area contributed by atoms with E-state index in [0.29, 0.717) is 17.2 Å². The Hall–Kier alpha value is -0.390. The van der Waals surface area contributed by atoms with Crippen LogP contribution in [0.25, 0.3) is 0 Å². The lowest BCUT2D eigenvalue weighted by atomic mass is 10.0. The first-order valence-corrected chi connectivity index (χ1v) is 6.93. The van der Waals surface area contributed by atoms with Crippen LogP contribution in [0.2, 0.25) is 5.02 Å². The summed E-state index contributed by atoms with van der Waals surface area (Å²) in [6, 6.07) is 0. The number of fused-ring (bicyclic) bond motifs is 1. The number of aromatic nitrogens is 1. The predicted molar refractivity (Wildman–Crippen MR) is 68.8 cm³/mol. The fourth-order valence-electron chi connectivity index (χ4n) is 1.73. The second-order valence-electron chi connectivity index (χ2n) is 3.44. The van der Waals surface area contributed by atoms with Crippen LogP contribution < -0.4 is 0 Å². The zero-order valence-corrected chi connectivity index (χ0v) is 10.8. The third-order valence-corrected chi connectivity index (χ3v) is 4.18. The lowest BCUT2D eigenvalue weighted by molar-refractivity contribution is 0.0695. The van der Waals surface area contributed by atoms with Crippen LogP contribution >= 0.6 is 36.0 Å². The van der Waals surface area contributed by atoms with Crippen LogP contribution in [-0.4, -0.2) is 21.8 Å². The fraction of sp³-hybridized carbons (Fsp3) is 0.400. The highest BCUT2D eigenvalue weighted by molar-refractivity contribution is 7.98. The molecule has 0 spiro atoms. The topological polar surface area (TPSA) is 50.2 Å². The number of pyridine rings is 1. The number of hydrogen-bond acceptors (Lipinski definition) is 4. The van der Waals surface area contributed by atoms with Crippen molar-refractivity contribution in [3.05, 3.63) is 27.5 Å². The van der Waals surface area contributed by atoms with Gasteiger partial charge in [-0.25, -0.2) is 4.79 Å². The molecule has 2 rings (SSSR count). The summed E-state index contributed by atoms with van der Waals surface area (Å²) in [6.45, 7) is 0. The maximum absolute atomic E-state index is 11.2. The molecular formula is C10H10ClNO2S2. The third kappa shape index (κ3) is 2.04. The molecule has 0 saturated heterocycles. The van der Waals surface area contributed by atoms with Crippen LogP contribution in [0.4, 0.5) is 0 Å². The molecule has 1 aromatic rings. The van der Waals surface area contributed by atoms with Gasteiger partial charge in [0.05, 0.1) is 16.3 Å². The van der Waals surface area contributed by atoms with Crippen molar-refractivity contribution >= 4 is 42.0 Å². The second-order valence-corrected chi connectivity index (χ2v) is 5.24. The minimum Gasteiger partial charge on any atom is -0.478 e. The number of carbonyl (C=O) groups is 1. The van der Waals surface area contributed by atoms with Crippen LogP contribution in [0.3, 0.4) is 0 Å². The van der Waals surface area contributed by atoms with Gasteiger partial charge in [0.15, 0.2) is 0 Å². The molecule has 0 atom stereocenters. The van der Waals surface area contributed by atoms with E-state index < -0.39 is 5.97 Å². The summed E-state index contributed by atoms with van der Waals surface area (Å²) < 4.78 is 0. The Morgan fingerprint density at radius 2 is 2.38 bits per heavy atom. The second kappa shape index (κ2) is 4.85. The quantitative estimate of drug-likeness (QED) is 0.815. The predicted octanol–water partition coefficient (Wildman–Crippen LogP) is 2.65. The molecular weight excluding hydrogens is 266 g/mol. The molecule has 0 amide bonds. The van der Waals surface area contributed by atoms with E-state index in [2.05, 4.69) is 17.6 Å². The number of carboxylic acid groups (broad SMARTS) is 1. The number of thioether (sulfide) groups is 1. The molecule has 86 valence electrons. The summed E-state index contributed by atoms with van der Waals surface area (Å²) in [5.41, 5.74) is 2.42. The molecule has 0 fully saturated rings. The number of thiol groups is 1. The first-order chi connectivity index (χ1) is 7.65. The van der Waals surface area contributed by atoms with Crippen LogP contribution in [0.5, 0.6) is 0 Å². The van der Waals surface area contributed by atoms with Crippen LogP contribution in [0, 0.1) is 0 Å². The fourth-order valence-corrected chi connectivity index (χ4v) is 3.36. The monoisotopic (exact) mass is 275 g/mol. The Morgan fingerprint density at radius 3 is 3.00 bits per heavy atom. The lowest BCUT2D eigenvalue weighted by Crippen LogP contribution is -2.14. The number of rotatable bonds is 2. The van der Waals surface area contributed by atoms with Gasteiger partial charge in [-0.3, -0.25) is 4.98 Å². The van der Waals surface area contributed by atoms with Gasteiger partial charge >= 0.3 is 5.97 Å². The summed E-state index contributed by atoms with van der Waals surface area (Å²) >= 11 is 11.9. The maximum Gasteiger partial charge on any atom is 0.337 e. The Balaban J connectivity index is 2.67. The standard InChI is InChI=1S/C10H10ClNO2S2/c11-9-7(3-15)12-6-1-2-16-4-5(6)8(9)10(13)14/h15H,1-4H2,(H,13,14). The smallest absolute Gasteiger partial charge is 0.337 e. The third-order valence-electron chi connectivity index (χ3n) is 2.49. The Kier molecular flexibility index (Phi) is 3.66. The van der Waals surface area contributed by atoms with Gasteiger partial charge in [0, 0.05) is 17.2 Å². The summed E-state index contributed by atoms with van der Waals surface area (Å²) in [7, 11) is 0. The van der Waals surface area contributed by atoms with Crippen LogP contribution in [-0.2, 0) is 17.9 Å². The van der Waals surface area contributed by atoms with E-state index in [0.717, 1.165) is 23.4 Å². The minimum atomic E-state index is -0.978. The SMILES string of the molecule is O=C(O)c1c(Cl)c(CS)nc2c1CSCC2. The van der Waals surface area contributed by atoms with Gasteiger partial charge in [0.25, 0.3) is 0 Å². The van der Waals surface area contributed by atoms with Gasteiger partial charge in [-0.1, -0.05) is 11.6 Å². The number of aromatic carboxylic acids is 1. The number of hydrogen-bond donors (Lipinski definition) is 2. The molecule has 0 unspecified atom stereocenters. The molecule has 16 heavy (non-hydrogen) atoms. The number of carboxylic acids is 1. The van der Waals surface area contributed by atoms with E-state index in [-0.39, 0.29) is 10.6 Å². The zero-order chi connectivity index (χ0) is 11.7. The normalized spacial score (nSPS) is 14.6. The first-order valence-electron chi connectivity index (χ1n) is 4.77. The van der Waals surface area contributed by atoms with Crippen molar-refractivity contribution in [3.8, 4) is 0 Å². The molecule has 1 aliphatic heterocycles. The molecule has 0 bridgehead atoms. The molecule has 3 nitrogen and oxygen atoms in total. The van der Waals surface area contributed by atoms with Gasteiger partial charge < -0.3 is 5.11 Å².